The summed E-state index contributed by atoms with van der Waals surface area (Å²) >= 11 is 0. The number of ether oxygens (including phenoxy) is 2. The molecule has 0 bridgehead atoms. The van der Waals surface area contributed by atoms with E-state index in [1.807, 2.05) is 0 Å². The average molecular weight is 216 g/mol. The number of fused-ring (bicyclic) bond motifs is 1. The Labute approximate surface area is 91.2 Å². The Morgan fingerprint density at radius 3 is 2.50 bits per heavy atom. The van der Waals surface area contributed by atoms with Crippen molar-refractivity contribution in [2.24, 2.45) is 0 Å². The molecular weight excluding hydrogens is 208 g/mol. The summed E-state index contributed by atoms with van der Waals surface area (Å²) in [5, 5.41) is 0. The van der Waals surface area contributed by atoms with E-state index < -0.39 is 11.4 Å². The summed E-state index contributed by atoms with van der Waals surface area (Å²) in [6.07, 6.45) is 0.478. The number of hydrogen-bond donors (Lipinski definition) is 0. The summed E-state index contributed by atoms with van der Waals surface area (Å²) in [7, 11) is 0. The van der Waals surface area contributed by atoms with Gasteiger partial charge in [-0.05, 0) is 0 Å². The fourth-order valence-corrected chi connectivity index (χ4v) is 2.80. The molecule has 0 spiro atoms. The predicted octanol–water partition coefficient (Wildman–Crippen LogP) is 0.951. The first-order valence-electron chi connectivity index (χ1n) is 5.24. The van der Waals surface area contributed by atoms with Crippen molar-refractivity contribution in [2.75, 3.05) is 6.61 Å². The molecule has 0 N–H and O–H groups in total. The first kappa shape index (κ1) is 8.61. The van der Waals surface area contributed by atoms with Gasteiger partial charge in [0.15, 0.2) is 5.60 Å². The lowest BCUT2D eigenvalue weighted by molar-refractivity contribution is -0.0219. The van der Waals surface area contributed by atoms with Gasteiger partial charge in [-0.3, -0.25) is 9.59 Å². The SMILES string of the molecule is O=C1c2ccccc2C(=O)C23OCCC12O3. The van der Waals surface area contributed by atoms with Crippen LogP contribution in [-0.4, -0.2) is 29.6 Å². The lowest BCUT2D eigenvalue weighted by Gasteiger charge is -2.17. The van der Waals surface area contributed by atoms with E-state index in [1.165, 1.54) is 0 Å². The molecule has 0 saturated carbocycles. The lowest BCUT2D eigenvalue weighted by atomic mass is 9.79. The van der Waals surface area contributed by atoms with E-state index in [-0.39, 0.29) is 11.6 Å². The van der Waals surface area contributed by atoms with Gasteiger partial charge in [0, 0.05) is 17.5 Å². The number of rotatable bonds is 0. The van der Waals surface area contributed by atoms with Gasteiger partial charge in [-0.25, -0.2) is 0 Å². The van der Waals surface area contributed by atoms with Crippen LogP contribution in [0.25, 0.3) is 0 Å². The highest BCUT2D eigenvalue weighted by molar-refractivity contribution is 6.24. The van der Waals surface area contributed by atoms with Gasteiger partial charge in [0.2, 0.25) is 11.6 Å². The zero-order chi connectivity index (χ0) is 11.0. The van der Waals surface area contributed by atoms with Gasteiger partial charge >= 0.3 is 0 Å². The number of benzene rings is 1. The van der Waals surface area contributed by atoms with Crippen molar-refractivity contribution in [3.8, 4) is 0 Å². The normalized spacial score (nSPS) is 39.0. The molecule has 4 rings (SSSR count). The van der Waals surface area contributed by atoms with Gasteiger partial charge in [0.05, 0.1) is 6.61 Å². The maximum Gasteiger partial charge on any atom is 0.273 e. The van der Waals surface area contributed by atoms with Gasteiger partial charge in [-0.15, -0.1) is 0 Å². The quantitative estimate of drug-likeness (QED) is 0.606. The van der Waals surface area contributed by atoms with E-state index in [0.717, 1.165) is 0 Å². The molecule has 2 heterocycles. The molecule has 4 heteroatoms. The van der Waals surface area contributed by atoms with Crippen molar-refractivity contribution in [2.45, 2.75) is 17.8 Å². The zero-order valence-corrected chi connectivity index (χ0v) is 8.36. The molecule has 2 aliphatic heterocycles. The Hall–Kier alpha value is -1.52. The number of ketones is 2. The fraction of sp³-hybridized carbons (Fsp3) is 0.333. The number of carbonyl (C=O) groups excluding carboxylic acids is 2. The summed E-state index contributed by atoms with van der Waals surface area (Å²) < 4.78 is 10.7. The van der Waals surface area contributed by atoms with E-state index in [1.54, 1.807) is 24.3 Å². The average Bonchev–Trinajstić information content (AvgIpc) is 2.86. The molecule has 1 aromatic rings. The van der Waals surface area contributed by atoms with E-state index in [4.69, 9.17) is 9.47 Å². The van der Waals surface area contributed by atoms with Crippen LogP contribution >= 0.6 is 0 Å². The predicted molar refractivity (Wildman–Crippen MR) is 52.2 cm³/mol. The van der Waals surface area contributed by atoms with E-state index in [9.17, 15) is 9.59 Å². The molecule has 80 valence electrons. The smallest absolute Gasteiger partial charge is 0.273 e. The first-order chi connectivity index (χ1) is 7.71. The Morgan fingerprint density at radius 1 is 1.06 bits per heavy atom. The summed E-state index contributed by atoms with van der Waals surface area (Å²) in [6, 6.07) is 6.82. The maximum absolute atomic E-state index is 12.2. The topological polar surface area (TPSA) is 55.9 Å². The molecule has 2 unspecified atom stereocenters. The van der Waals surface area contributed by atoms with Gasteiger partial charge < -0.3 is 9.47 Å². The highest BCUT2D eigenvalue weighted by Gasteiger charge is 2.84. The molecule has 16 heavy (non-hydrogen) atoms. The van der Waals surface area contributed by atoms with Crippen LogP contribution in [0.5, 0.6) is 0 Å². The molecule has 1 aromatic carbocycles. The summed E-state index contributed by atoms with van der Waals surface area (Å²) in [4.78, 5) is 24.4. The molecule has 0 amide bonds. The number of hydrogen-bond acceptors (Lipinski definition) is 4. The van der Waals surface area contributed by atoms with Crippen LogP contribution in [0.15, 0.2) is 24.3 Å². The summed E-state index contributed by atoms with van der Waals surface area (Å²) in [5.41, 5.74) is -0.119. The molecular formula is C12H8O4. The molecule has 2 saturated heterocycles. The first-order valence-corrected chi connectivity index (χ1v) is 5.24. The minimum Gasteiger partial charge on any atom is -0.341 e. The second-order valence-electron chi connectivity index (χ2n) is 4.35. The molecule has 3 aliphatic rings. The van der Waals surface area contributed by atoms with Crippen molar-refractivity contribution in [1.82, 2.24) is 0 Å². The van der Waals surface area contributed by atoms with Gasteiger partial charge in [0.1, 0.15) is 0 Å². The van der Waals surface area contributed by atoms with Crippen LogP contribution in [0.1, 0.15) is 27.1 Å². The monoisotopic (exact) mass is 216 g/mol. The van der Waals surface area contributed by atoms with E-state index in [2.05, 4.69) is 0 Å². The van der Waals surface area contributed by atoms with Crippen molar-refractivity contribution < 1.29 is 19.1 Å². The standard InChI is InChI=1S/C12H8O4/c13-9-7-3-1-2-4-8(7)10(14)12-11(9,16-12)5-6-15-12/h1-4H,5-6H2. The van der Waals surface area contributed by atoms with Crippen molar-refractivity contribution >= 4 is 11.6 Å². The lowest BCUT2D eigenvalue weighted by Crippen LogP contribution is -2.42. The second-order valence-corrected chi connectivity index (χ2v) is 4.35. The van der Waals surface area contributed by atoms with Gasteiger partial charge in [0.25, 0.3) is 5.79 Å². The van der Waals surface area contributed by atoms with Crippen molar-refractivity contribution in [3.05, 3.63) is 35.4 Å². The number of Topliss-reactive ketones (excluding diaryl/α,β-unsaturated/α-hetero) is 2. The van der Waals surface area contributed by atoms with Crippen LogP contribution in [0, 0.1) is 0 Å². The number of epoxide rings is 1. The molecule has 2 fully saturated rings. The van der Waals surface area contributed by atoms with Crippen LogP contribution in [-0.2, 0) is 9.47 Å². The van der Waals surface area contributed by atoms with Crippen LogP contribution < -0.4 is 0 Å². The highest BCUT2D eigenvalue weighted by atomic mass is 16.8. The van der Waals surface area contributed by atoms with Crippen LogP contribution in [0.3, 0.4) is 0 Å². The van der Waals surface area contributed by atoms with E-state index in [0.29, 0.717) is 24.2 Å². The second kappa shape index (κ2) is 2.26. The molecule has 1 aliphatic carbocycles. The van der Waals surface area contributed by atoms with Crippen LogP contribution in [0.2, 0.25) is 0 Å². The van der Waals surface area contributed by atoms with Gasteiger partial charge in [-0.2, -0.15) is 0 Å². The van der Waals surface area contributed by atoms with Crippen LogP contribution in [0.4, 0.5) is 0 Å². The molecule has 2 atom stereocenters. The van der Waals surface area contributed by atoms with Gasteiger partial charge in [-0.1, -0.05) is 24.3 Å². The minimum atomic E-state index is -1.28. The number of carbonyl (C=O) groups is 2. The summed E-state index contributed by atoms with van der Waals surface area (Å²) in [5.74, 6) is -1.60. The largest absolute Gasteiger partial charge is 0.341 e. The third-order valence-corrected chi connectivity index (χ3v) is 3.65. The third kappa shape index (κ3) is 0.645. The molecule has 0 aromatic heterocycles. The highest BCUT2D eigenvalue weighted by Crippen LogP contribution is 2.61. The molecule has 0 radical (unpaired) electrons. The van der Waals surface area contributed by atoms with Crippen molar-refractivity contribution in [1.29, 1.82) is 0 Å². The Kier molecular flexibility index (Phi) is 1.22. The van der Waals surface area contributed by atoms with E-state index >= 15 is 0 Å². The Balaban J connectivity index is 2.03. The fourth-order valence-electron chi connectivity index (χ4n) is 2.80. The molecule has 4 nitrogen and oxygen atoms in total. The van der Waals surface area contributed by atoms with Crippen molar-refractivity contribution in [3.63, 3.8) is 0 Å². The maximum atomic E-state index is 12.2. The third-order valence-electron chi connectivity index (χ3n) is 3.65. The zero-order valence-electron chi connectivity index (χ0n) is 8.36. The Morgan fingerprint density at radius 2 is 1.75 bits per heavy atom. The summed E-state index contributed by atoms with van der Waals surface area (Å²) in [6.45, 7) is 0.408. The Bertz CT molecular complexity index is 503. The minimum absolute atomic E-state index is 0.111.